The van der Waals surface area contributed by atoms with Crippen molar-refractivity contribution >= 4 is 40.7 Å². The normalized spacial score (nSPS) is 10.2. The van der Waals surface area contributed by atoms with Crippen LogP contribution in [0.4, 0.5) is 28.8 Å². The summed E-state index contributed by atoms with van der Waals surface area (Å²) >= 11 is 0. The van der Waals surface area contributed by atoms with Crippen LogP contribution in [0.25, 0.3) is 0 Å². The second-order valence-corrected chi connectivity index (χ2v) is 6.26. The zero-order chi connectivity index (χ0) is 20.8. The van der Waals surface area contributed by atoms with Gasteiger partial charge in [0.25, 0.3) is 0 Å². The molecule has 1 amide bonds. The molecule has 1 aromatic heterocycles. The fraction of sp³-hybridized carbons (Fsp3) is 0.143. The molecule has 3 N–H and O–H groups in total. The van der Waals surface area contributed by atoms with E-state index in [4.69, 9.17) is 4.74 Å². The summed E-state index contributed by atoms with van der Waals surface area (Å²) in [5.74, 6) is 0.361. The van der Waals surface area contributed by atoms with E-state index in [-0.39, 0.29) is 5.91 Å². The number of carbonyl (C=O) groups excluding carboxylic acids is 2. The van der Waals surface area contributed by atoms with E-state index < -0.39 is 5.97 Å². The summed E-state index contributed by atoms with van der Waals surface area (Å²) < 4.78 is 4.82. The van der Waals surface area contributed by atoms with Gasteiger partial charge in [-0.05, 0) is 43.3 Å². The molecule has 0 radical (unpaired) electrons. The molecule has 0 aliphatic carbocycles. The van der Waals surface area contributed by atoms with Gasteiger partial charge in [-0.2, -0.15) is 4.98 Å². The smallest absolute Gasteiger partial charge is 0.339 e. The van der Waals surface area contributed by atoms with Crippen LogP contribution in [0.5, 0.6) is 0 Å². The topological polar surface area (TPSA) is 105 Å². The Balaban J connectivity index is 1.80. The van der Waals surface area contributed by atoms with Crippen LogP contribution in [0.2, 0.25) is 0 Å². The first-order valence-electron chi connectivity index (χ1n) is 8.89. The van der Waals surface area contributed by atoms with Crippen LogP contribution in [0.3, 0.4) is 0 Å². The molecule has 29 heavy (non-hydrogen) atoms. The first kappa shape index (κ1) is 19.8. The Morgan fingerprint density at radius 1 is 0.931 bits per heavy atom. The molecule has 1 heterocycles. The van der Waals surface area contributed by atoms with Gasteiger partial charge in [0, 0.05) is 30.1 Å². The van der Waals surface area contributed by atoms with Crippen molar-refractivity contribution < 1.29 is 14.3 Å². The molecule has 148 valence electrons. The number of hydrogen-bond acceptors (Lipinski definition) is 7. The van der Waals surface area contributed by atoms with Gasteiger partial charge in [-0.15, -0.1) is 0 Å². The van der Waals surface area contributed by atoms with Crippen LogP contribution in [-0.2, 0) is 9.53 Å². The molecular weight excluding hydrogens is 370 g/mol. The number of hydrogen-bond donors (Lipinski definition) is 3. The number of ether oxygens (including phenoxy) is 1. The van der Waals surface area contributed by atoms with Crippen molar-refractivity contribution in [3.8, 4) is 0 Å². The van der Waals surface area contributed by atoms with Gasteiger partial charge in [0.1, 0.15) is 5.82 Å². The maximum absolute atomic E-state index is 12.0. The molecule has 0 bridgehead atoms. The second kappa shape index (κ2) is 8.83. The molecule has 8 nitrogen and oxygen atoms in total. The molecule has 8 heteroatoms. The van der Waals surface area contributed by atoms with Crippen LogP contribution in [0, 0.1) is 6.92 Å². The van der Waals surface area contributed by atoms with Gasteiger partial charge in [-0.3, -0.25) is 4.79 Å². The lowest BCUT2D eigenvalue weighted by atomic mass is 10.2. The zero-order valence-electron chi connectivity index (χ0n) is 16.3. The standard InChI is InChI=1S/C21H21N5O3/c1-13-12-19(24-16-10-8-15(9-11-16)23-14(2)27)26-21(22-13)25-18-7-5-4-6-17(18)20(28)29-3/h4-12H,1-3H3,(H,23,27)(H2,22,24,25,26). The average Bonchev–Trinajstić information content (AvgIpc) is 2.68. The molecule has 0 aliphatic rings. The number of nitrogens with zero attached hydrogens (tertiary/aromatic N) is 2. The molecule has 0 aliphatic heterocycles. The maximum Gasteiger partial charge on any atom is 0.339 e. The van der Waals surface area contributed by atoms with E-state index in [1.54, 1.807) is 42.5 Å². The lowest BCUT2D eigenvalue weighted by molar-refractivity contribution is -0.114. The SMILES string of the molecule is COC(=O)c1ccccc1Nc1nc(C)cc(Nc2ccc(NC(C)=O)cc2)n1. The predicted octanol–water partition coefficient (Wildman–Crippen LogP) is 4.02. The second-order valence-electron chi connectivity index (χ2n) is 6.26. The number of aryl methyl sites for hydroxylation is 1. The van der Waals surface area contributed by atoms with Gasteiger partial charge in [0.05, 0.1) is 18.4 Å². The molecule has 3 aromatic rings. The number of rotatable bonds is 6. The van der Waals surface area contributed by atoms with Crippen molar-refractivity contribution in [1.82, 2.24) is 9.97 Å². The number of carbonyl (C=O) groups is 2. The number of nitrogens with one attached hydrogen (secondary N) is 3. The lowest BCUT2D eigenvalue weighted by Gasteiger charge is -2.12. The highest BCUT2D eigenvalue weighted by Crippen LogP contribution is 2.23. The van der Waals surface area contributed by atoms with E-state index in [0.29, 0.717) is 28.7 Å². The number of amides is 1. The molecule has 0 fully saturated rings. The monoisotopic (exact) mass is 391 g/mol. The van der Waals surface area contributed by atoms with Gasteiger partial charge in [-0.1, -0.05) is 12.1 Å². The number of esters is 1. The van der Waals surface area contributed by atoms with E-state index in [2.05, 4.69) is 25.9 Å². The Kier molecular flexibility index (Phi) is 6.03. The fourth-order valence-corrected chi connectivity index (χ4v) is 2.68. The quantitative estimate of drug-likeness (QED) is 0.545. The van der Waals surface area contributed by atoms with Crippen LogP contribution < -0.4 is 16.0 Å². The van der Waals surface area contributed by atoms with Gasteiger partial charge in [0.15, 0.2) is 0 Å². The van der Waals surface area contributed by atoms with Crippen molar-refractivity contribution in [3.63, 3.8) is 0 Å². The van der Waals surface area contributed by atoms with Crippen molar-refractivity contribution in [3.05, 3.63) is 65.9 Å². The molecule has 0 spiro atoms. The summed E-state index contributed by atoms with van der Waals surface area (Å²) in [4.78, 5) is 31.9. The number of anilines is 5. The minimum Gasteiger partial charge on any atom is -0.465 e. The predicted molar refractivity (Wildman–Crippen MR) is 112 cm³/mol. The third kappa shape index (κ3) is 5.29. The Bertz CT molecular complexity index is 1030. The number of benzene rings is 2. The average molecular weight is 391 g/mol. The minimum atomic E-state index is -0.446. The van der Waals surface area contributed by atoms with Gasteiger partial charge < -0.3 is 20.7 Å². The highest BCUT2D eigenvalue weighted by molar-refractivity contribution is 5.96. The van der Waals surface area contributed by atoms with E-state index >= 15 is 0 Å². The highest BCUT2D eigenvalue weighted by Gasteiger charge is 2.12. The molecule has 0 atom stereocenters. The molecule has 2 aromatic carbocycles. The zero-order valence-corrected chi connectivity index (χ0v) is 16.3. The largest absolute Gasteiger partial charge is 0.465 e. The highest BCUT2D eigenvalue weighted by atomic mass is 16.5. The summed E-state index contributed by atoms with van der Waals surface area (Å²) in [7, 11) is 1.33. The molecule has 0 saturated heterocycles. The summed E-state index contributed by atoms with van der Waals surface area (Å²) in [6.07, 6.45) is 0. The number of para-hydroxylation sites is 1. The van der Waals surface area contributed by atoms with Gasteiger partial charge in [-0.25, -0.2) is 9.78 Å². The van der Waals surface area contributed by atoms with Crippen LogP contribution in [0.1, 0.15) is 23.0 Å². The number of aromatic nitrogens is 2. The van der Waals surface area contributed by atoms with Gasteiger partial charge in [0.2, 0.25) is 11.9 Å². The van der Waals surface area contributed by atoms with Crippen LogP contribution in [-0.4, -0.2) is 29.0 Å². The fourth-order valence-electron chi connectivity index (χ4n) is 2.68. The molecular formula is C21H21N5O3. The van der Waals surface area contributed by atoms with E-state index in [1.807, 2.05) is 19.1 Å². The Labute approximate surface area is 168 Å². The van der Waals surface area contributed by atoms with Gasteiger partial charge >= 0.3 is 5.97 Å². The summed E-state index contributed by atoms with van der Waals surface area (Å²) in [6.45, 7) is 3.31. The van der Waals surface area contributed by atoms with Crippen molar-refractivity contribution in [1.29, 1.82) is 0 Å². The maximum atomic E-state index is 12.0. The summed E-state index contributed by atoms with van der Waals surface area (Å²) in [5, 5.41) is 9.00. The van der Waals surface area contributed by atoms with E-state index in [1.165, 1.54) is 14.0 Å². The Hall–Kier alpha value is -3.94. The third-order valence-electron chi connectivity index (χ3n) is 3.91. The minimum absolute atomic E-state index is 0.125. The number of methoxy groups -OCH3 is 1. The van der Waals surface area contributed by atoms with Crippen LogP contribution in [0.15, 0.2) is 54.6 Å². The van der Waals surface area contributed by atoms with E-state index in [0.717, 1.165) is 11.4 Å². The van der Waals surface area contributed by atoms with Crippen molar-refractivity contribution in [2.75, 3.05) is 23.1 Å². The summed E-state index contributed by atoms with van der Waals surface area (Å²) in [6, 6.07) is 16.1. The Morgan fingerprint density at radius 2 is 1.62 bits per heavy atom. The van der Waals surface area contributed by atoms with Crippen molar-refractivity contribution in [2.24, 2.45) is 0 Å². The van der Waals surface area contributed by atoms with Crippen LogP contribution >= 0.6 is 0 Å². The first-order valence-corrected chi connectivity index (χ1v) is 8.89. The molecule has 0 unspecified atom stereocenters. The molecule has 0 saturated carbocycles. The van der Waals surface area contributed by atoms with E-state index in [9.17, 15) is 9.59 Å². The summed E-state index contributed by atoms with van der Waals surface area (Å²) in [5.41, 5.74) is 3.20. The lowest BCUT2D eigenvalue weighted by Crippen LogP contribution is -2.08. The first-order chi connectivity index (χ1) is 13.9. The molecule has 3 rings (SSSR count). The van der Waals surface area contributed by atoms with Crippen molar-refractivity contribution in [2.45, 2.75) is 13.8 Å². The Morgan fingerprint density at radius 3 is 2.31 bits per heavy atom. The third-order valence-corrected chi connectivity index (χ3v) is 3.91.